The molecule has 5 nitrogen and oxygen atoms in total. The van der Waals surface area contributed by atoms with Crippen molar-refractivity contribution in [1.29, 1.82) is 0 Å². The van der Waals surface area contributed by atoms with Gasteiger partial charge in [0.25, 0.3) is 0 Å². The molecule has 1 atom stereocenters. The van der Waals surface area contributed by atoms with Crippen molar-refractivity contribution in [1.82, 2.24) is 0 Å². The van der Waals surface area contributed by atoms with E-state index in [4.69, 9.17) is 13.6 Å². The molecule has 0 aliphatic heterocycles. The van der Waals surface area contributed by atoms with Gasteiger partial charge in [0.2, 0.25) is 0 Å². The first-order chi connectivity index (χ1) is 8.08. The minimum absolute atomic E-state index is 0.311. The van der Waals surface area contributed by atoms with Crippen LogP contribution in [0.4, 0.5) is 0 Å². The molecule has 0 amide bonds. The summed E-state index contributed by atoms with van der Waals surface area (Å²) in [4.78, 5) is 10.5. The molecule has 0 fully saturated rings. The van der Waals surface area contributed by atoms with Crippen LogP contribution in [-0.2, 0) is 22.9 Å². The predicted molar refractivity (Wildman–Crippen MR) is 65.9 cm³/mol. The van der Waals surface area contributed by atoms with Crippen LogP contribution in [0, 0.1) is 0 Å². The number of carbonyl (C=O) groups is 1. The van der Waals surface area contributed by atoms with Crippen molar-refractivity contribution in [2.24, 2.45) is 0 Å². The number of carbonyl (C=O) groups excluding carboxylic acids is 1. The highest BCUT2D eigenvalue weighted by atomic mass is 31.2. The van der Waals surface area contributed by atoms with Gasteiger partial charge in [0.05, 0.1) is 13.2 Å². The van der Waals surface area contributed by atoms with Crippen LogP contribution in [0.15, 0.2) is 0 Å². The number of hydrogen-bond acceptors (Lipinski definition) is 5. The number of unbranched alkanes of at least 4 members (excludes halogenated alkanes) is 2. The van der Waals surface area contributed by atoms with E-state index in [1.165, 1.54) is 6.92 Å². The second kappa shape index (κ2) is 9.77. The molecule has 0 rings (SSSR count). The molecule has 6 heteroatoms. The molecule has 0 radical (unpaired) electrons. The number of aldehydes is 1. The quantitative estimate of drug-likeness (QED) is 0.326. The van der Waals surface area contributed by atoms with E-state index in [9.17, 15) is 9.36 Å². The largest absolute Gasteiger partial charge is 0.475 e. The number of phosphoric acid groups is 1. The monoisotopic (exact) mass is 266 g/mol. The van der Waals surface area contributed by atoms with Crippen molar-refractivity contribution >= 4 is 14.1 Å². The van der Waals surface area contributed by atoms with Gasteiger partial charge >= 0.3 is 7.82 Å². The number of rotatable bonds is 11. The molecule has 17 heavy (non-hydrogen) atoms. The Bertz CT molecular complexity index is 230. The van der Waals surface area contributed by atoms with E-state index in [-0.39, 0.29) is 0 Å². The minimum atomic E-state index is -3.58. The van der Waals surface area contributed by atoms with Crippen LogP contribution < -0.4 is 0 Å². The highest BCUT2D eigenvalue weighted by Crippen LogP contribution is 2.50. The lowest BCUT2D eigenvalue weighted by Crippen LogP contribution is -2.11. The lowest BCUT2D eigenvalue weighted by Gasteiger charge is -2.19. The summed E-state index contributed by atoms with van der Waals surface area (Å²) in [5.41, 5.74) is 0. The van der Waals surface area contributed by atoms with Crippen LogP contribution in [0.2, 0.25) is 0 Å². The molecule has 0 saturated carbocycles. The van der Waals surface area contributed by atoms with Crippen LogP contribution in [0.5, 0.6) is 0 Å². The Kier molecular flexibility index (Phi) is 9.65. The molecule has 0 aromatic heterocycles. The van der Waals surface area contributed by atoms with Crippen molar-refractivity contribution in [2.45, 2.75) is 52.6 Å². The summed E-state index contributed by atoms with van der Waals surface area (Å²) in [6.45, 7) is 6.13. The third-order valence-corrected chi connectivity index (χ3v) is 3.57. The Balaban J connectivity index is 4.23. The second-order valence-electron chi connectivity index (χ2n) is 3.77. The van der Waals surface area contributed by atoms with Gasteiger partial charge in [-0.2, -0.15) is 0 Å². The van der Waals surface area contributed by atoms with Gasteiger partial charge in [-0.15, -0.1) is 0 Å². The molecular weight excluding hydrogens is 243 g/mol. The fourth-order valence-electron chi connectivity index (χ4n) is 0.968. The Morgan fingerprint density at radius 3 is 1.94 bits per heavy atom. The second-order valence-corrected chi connectivity index (χ2v) is 5.39. The molecule has 0 aliphatic carbocycles. The Morgan fingerprint density at radius 2 is 1.59 bits per heavy atom. The van der Waals surface area contributed by atoms with Crippen LogP contribution in [0.25, 0.3) is 0 Å². The lowest BCUT2D eigenvalue weighted by molar-refractivity contribution is -0.114. The maximum atomic E-state index is 12.1. The minimum Gasteiger partial charge on any atom is -0.300 e. The van der Waals surface area contributed by atoms with Crippen LogP contribution >= 0.6 is 7.82 Å². The fraction of sp³-hybridized carbons (Fsp3) is 0.909. The predicted octanol–water partition coefficient (Wildman–Crippen LogP) is 3.33. The third-order valence-electron chi connectivity index (χ3n) is 1.98. The van der Waals surface area contributed by atoms with Crippen LogP contribution in [0.1, 0.15) is 46.5 Å². The van der Waals surface area contributed by atoms with Gasteiger partial charge in [0.1, 0.15) is 12.4 Å². The number of hydrogen-bond donors (Lipinski definition) is 0. The zero-order valence-corrected chi connectivity index (χ0v) is 11.8. The molecule has 0 spiro atoms. The summed E-state index contributed by atoms with van der Waals surface area (Å²) >= 11 is 0. The molecule has 102 valence electrons. The zero-order chi connectivity index (χ0) is 13.1. The summed E-state index contributed by atoms with van der Waals surface area (Å²) in [7, 11) is -3.58. The number of phosphoric ester groups is 1. The third kappa shape index (κ3) is 8.50. The fourth-order valence-corrected chi connectivity index (χ4v) is 2.33. The van der Waals surface area contributed by atoms with E-state index in [1.54, 1.807) is 0 Å². The van der Waals surface area contributed by atoms with E-state index in [1.807, 2.05) is 13.8 Å². The van der Waals surface area contributed by atoms with E-state index >= 15 is 0 Å². The topological polar surface area (TPSA) is 61.8 Å². The van der Waals surface area contributed by atoms with Crippen molar-refractivity contribution < 1.29 is 22.9 Å². The van der Waals surface area contributed by atoms with E-state index < -0.39 is 13.9 Å². The summed E-state index contributed by atoms with van der Waals surface area (Å²) in [6.07, 6.45) is 3.19. The first kappa shape index (κ1) is 16.8. The molecule has 0 heterocycles. The Morgan fingerprint density at radius 1 is 1.12 bits per heavy atom. The maximum Gasteiger partial charge on any atom is 0.475 e. The summed E-state index contributed by atoms with van der Waals surface area (Å²) in [6, 6.07) is 0. The SMILES string of the molecule is CCCCOP(=O)(OCCCC)OC(C)C=O. The van der Waals surface area contributed by atoms with Gasteiger partial charge in [-0.05, 0) is 19.8 Å². The van der Waals surface area contributed by atoms with Gasteiger partial charge < -0.3 is 4.79 Å². The molecule has 0 aromatic rings. The molecule has 0 aromatic carbocycles. The zero-order valence-electron chi connectivity index (χ0n) is 10.9. The highest BCUT2D eigenvalue weighted by Gasteiger charge is 2.28. The van der Waals surface area contributed by atoms with Gasteiger partial charge in [0, 0.05) is 0 Å². The van der Waals surface area contributed by atoms with Crippen LogP contribution in [-0.4, -0.2) is 25.6 Å². The van der Waals surface area contributed by atoms with E-state index in [2.05, 4.69) is 0 Å². The average molecular weight is 266 g/mol. The van der Waals surface area contributed by atoms with E-state index in [0.29, 0.717) is 19.5 Å². The van der Waals surface area contributed by atoms with Crippen molar-refractivity contribution in [3.8, 4) is 0 Å². The molecule has 1 unspecified atom stereocenters. The summed E-state index contributed by atoms with van der Waals surface area (Å²) in [5, 5.41) is 0. The van der Waals surface area contributed by atoms with Gasteiger partial charge in [-0.1, -0.05) is 26.7 Å². The van der Waals surface area contributed by atoms with Crippen LogP contribution in [0.3, 0.4) is 0 Å². The molecule has 0 bridgehead atoms. The Labute approximate surface area is 103 Å². The molecule has 0 aliphatic rings. The van der Waals surface area contributed by atoms with Crippen molar-refractivity contribution in [2.75, 3.05) is 13.2 Å². The summed E-state index contributed by atoms with van der Waals surface area (Å²) in [5.74, 6) is 0. The van der Waals surface area contributed by atoms with E-state index in [0.717, 1.165) is 25.7 Å². The average Bonchev–Trinajstić information content (AvgIpc) is 2.29. The Hall–Kier alpha value is -0.220. The highest BCUT2D eigenvalue weighted by molar-refractivity contribution is 7.48. The maximum absolute atomic E-state index is 12.1. The van der Waals surface area contributed by atoms with Gasteiger partial charge in [0.15, 0.2) is 0 Å². The molecular formula is C11H23O5P. The molecule has 0 saturated heterocycles. The van der Waals surface area contributed by atoms with Gasteiger partial charge in [-0.25, -0.2) is 4.57 Å². The summed E-state index contributed by atoms with van der Waals surface area (Å²) < 4.78 is 27.4. The van der Waals surface area contributed by atoms with Gasteiger partial charge in [-0.3, -0.25) is 13.6 Å². The normalized spacial score (nSPS) is 13.6. The standard InChI is InChI=1S/C11H23O5P/c1-4-6-8-14-17(13,15-9-7-5-2)16-11(3)10-12/h10-11H,4-9H2,1-3H3. The first-order valence-electron chi connectivity index (χ1n) is 6.10. The van der Waals surface area contributed by atoms with Crippen molar-refractivity contribution in [3.63, 3.8) is 0 Å². The lowest BCUT2D eigenvalue weighted by atomic mass is 10.4. The van der Waals surface area contributed by atoms with Crippen molar-refractivity contribution in [3.05, 3.63) is 0 Å². The smallest absolute Gasteiger partial charge is 0.300 e. The molecule has 0 N–H and O–H groups in total. The first-order valence-corrected chi connectivity index (χ1v) is 7.56.